The fourth-order valence-electron chi connectivity index (χ4n) is 3.76. The molecule has 1 saturated carbocycles. The zero-order valence-electron chi connectivity index (χ0n) is 14.1. The Kier molecular flexibility index (Phi) is 6.82. The van der Waals surface area contributed by atoms with Crippen LogP contribution < -0.4 is 5.32 Å². The molecule has 0 radical (unpaired) electrons. The van der Waals surface area contributed by atoms with Gasteiger partial charge in [-0.05, 0) is 58.0 Å². The Labute approximate surface area is 121 Å². The largest absolute Gasteiger partial charge is 0.315 e. The highest BCUT2D eigenvalue weighted by Gasteiger charge is 2.32. The molecule has 1 N–H and O–H groups in total. The molecule has 2 unspecified atom stereocenters. The number of hydrogen-bond donors (Lipinski definition) is 1. The summed E-state index contributed by atoms with van der Waals surface area (Å²) in [6.45, 7) is 9.48. The van der Waals surface area contributed by atoms with Crippen molar-refractivity contribution in [3.05, 3.63) is 0 Å². The van der Waals surface area contributed by atoms with Crippen LogP contribution >= 0.6 is 0 Å². The molecule has 2 nitrogen and oxygen atoms in total. The second kappa shape index (κ2) is 7.64. The van der Waals surface area contributed by atoms with Gasteiger partial charge in [0.15, 0.2) is 0 Å². The molecular formula is C17H36N2. The molecule has 0 bridgehead atoms. The van der Waals surface area contributed by atoms with E-state index in [0.717, 1.165) is 6.04 Å². The molecule has 114 valence electrons. The molecule has 0 heterocycles. The van der Waals surface area contributed by atoms with Gasteiger partial charge in [0, 0.05) is 18.1 Å². The maximum Gasteiger partial charge on any atom is 0.0246 e. The second-order valence-electron chi connectivity index (χ2n) is 7.22. The molecule has 2 atom stereocenters. The van der Waals surface area contributed by atoms with Gasteiger partial charge >= 0.3 is 0 Å². The Morgan fingerprint density at radius 1 is 1.21 bits per heavy atom. The van der Waals surface area contributed by atoms with Crippen molar-refractivity contribution in [2.75, 3.05) is 14.1 Å². The lowest BCUT2D eigenvalue weighted by Gasteiger charge is -2.44. The molecular weight excluding hydrogens is 232 g/mol. The standard InChI is InChI=1S/C17H36N2/c1-7-9-15(18-5)16(8-2)19(6)14-10-12-17(3,4)13-11-14/h14-16,18H,7-13H2,1-6H3. The predicted octanol–water partition coefficient (Wildman–Crippen LogP) is 4.05. The molecule has 1 aliphatic carbocycles. The molecule has 1 fully saturated rings. The van der Waals surface area contributed by atoms with Gasteiger partial charge in [-0.1, -0.05) is 34.1 Å². The zero-order valence-corrected chi connectivity index (χ0v) is 14.1. The molecule has 0 aromatic carbocycles. The summed E-state index contributed by atoms with van der Waals surface area (Å²) in [6.07, 6.45) is 9.34. The number of rotatable bonds is 7. The van der Waals surface area contributed by atoms with Crippen molar-refractivity contribution in [1.82, 2.24) is 10.2 Å². The van der Waals surface area contributed by atoms with Gasteiger partial charge in [0.05, 0.1) is 0 Å². The number of nitrogens with one attached hydrogen (secondary N) is 1. The van der Waals surface area contributed by atoms with Crippen LogP contribution in [0.5, 0.6) is 0 Å². The van der Waals surface area contributed by atoms with E-state index < -0.39 is 0 Å². The molecule has 0 aliphatic heterocycles. The van der Waals surface area contributed by atoms with Crippen molar-refractivity contribution in [2.24, 2.45) is 5.41 Å². The van der Waals surface area contributed by atoms with Gasteiger partial charge in [0.1, 0.15) is 0 Å². The fourth-order valence-corrected chi connectivity index (χ4v) is 3.76. The number of likely N-dealkylation sites (N-methyl/N-ethyl adjacent to an activating group) is 2. The summed E-state index contributed by atoms with van der Waals surface area (Å²) < 4.78 is 0. The Hall–Kier alpha value is -0.0800. The molecule has 0 saturated heterocycles. The summed E-state index contributed by atoms with van der Waals surface area (Å²) in [5.74, 6) is 0. The lowest BCUT2D eigenvalue weighted by molar-refractivity contribution is 0.0749. The minimum atomic E-state index is 0.574. The summed E-state index contributed by atoms with van der Waals surface area (Å²) in [5.41, 5.74) is 0.574. The van der Waals surface area contributed by atoms with Gasteiger partial charge in [-0.2, -0.15) is 0 Å². The van der Waals surface area contributed by atoms with Crippen molar-refractivity contribution in [3.8, 4) is 0 Å². The van der Waals surface area contributed by atoms with Crippen LogP contribution in [0.25, 0.3) is 0 Å². The third kappa shape index (κ3) is 4.75. The van der Waals surface area contributed by atoms with Crippen LogP contribution in [-0.2, 0) is 0 Å². The third-order valence-electron chi connectivity index (χ3n) is 5.26. The first-order valence-corrected chi connectivity index (χ1v) is 8.34. The Balaban J connectivity index is 2.60. The highest BCUT2D eigenvalue weighted by atomic mass is 15.2. The van der Waals surface area contributed by atoms with Crippen LogP contribution in [0.1, 0.15) is 72.6 Å². The van der Waals surface area contributed by atoms with Crippen LogP contribution in [0.3, 0.4) is 0 Å². The molecule has 0 spiro atoms. The molecule has 0 aromatic rings. The summed E-state index contributed by atoms with van der Waals surface area (Å²) in [6, 6.07) is 2.14. The third-order valence-corrected chi connectivity index (χ3v) is 5.26. The smallest absolute Gasteiger partial charge is 0.0246 e. The molecule has 1 rings (SSSR count). The van der Waals surface area contributed by atoms with E-state index in [1.54, 1.807) is 0 Å². The van der Waals surface area contributed by atoms with Gasteiger partial charge in [-0.15, -0.1) is 0 Å². The van der Waals surface area contributed by atoms with Crippen molar-refractivity contribution in [2.45, 2.75) is 90.8 Å². The Bertz CT molecular complexity index is 240. The first-order valence-electron chi connectivity index (χ1n) is 8.34. The van der Waals surface area contributed by atoms with Gasteiger partial charge in [-0.3, -0.25) is 4.90 Å². The second-order valence-corrected chi connectivity index (χ2v) is 7.22. The summed E-state index contributed by atoms with van der Waals surface area (Å²) in [7, 11) is 4.48. The van der Waals surface area contributed by atoms with Crippen LogP contribution in [0, 0.1) is 5.41 Å². The van der Waals surface area contributed by atoms with E-state index in [4.69, 9.17) is 0 Å². The topological polar surface area (TPSA) is 15.3 Å². The first-order chi connectivity index (χ1) is 8.95. The Morgan fingerprint density at radius 3 is 2.21 bits per heavy atom. The normalized spacial score (nSPS) is 23.5. The fraction of sp³-hybridized carbons (Fsp3) is 1.00. The summed E-state index contributed by atoms with van der Waals surface area (Å²) in [5, 5.41) is 3.55. The molecule has 19 heavy (non-hydrogen) atoms. The van der Waals surface area contributed by atoms with Crippen LogP contribution in [-0.4, -0.2) is 37.1 Å². The Morgan fingerprint density at radius 2 is 1.79 bits per heavy atom. The minimum Gasteiger partial charge on any atom is -0.315 e. The highest BCUT2D eigenvalue weighted by Crippen LogP contribution is 2.37. The van der Waals surface area contributed by atoms with E-state index in [1.165, 1.54) is 44.9 Å². The average molecular weight is 268 g/mol. The minimum absolute atomic E-state index is 0.574. The van der Waals surface area contributed by atoms with Crippen molar-refractivity contribution in [1.29, 1.82) is 0 Å². The highest BCUT2D eigenvalue weighted by molar-refractivity contribution is 4.89. The van der Waals surface area contributed by atoms with Crippen LogP contribution in [0.4, 0.5) is 0 Å². The van der Waals surface area contributed by atoms with Crippen molar-refractivity contribution in [3.63, 3.8) is 0 Å². The maximum atomic E-state index is 3.55. The van der Waals surface area contributed by atoms with Gasteiger partial charge in [0.25, 0.3) is 0 Å². The summed E-state index contributed by atoms with van der Waals surface area (Å²) >= 11 is 0. The number of nitrogens with zero attached hydrogens (tertiary/aromatic N) is 1. The SMILES string of the molecule is CCCC(NC)C(CC)N(C)C1CCC(C)(C)CC1. The van der Waals surface area contributed by atoms with Gasteiger partial charge in [0.2, 0.25) is 0 Å². The van der Waals surface area contributed by atoms with E-state index in [9.17, 15) is 0 Å². The maximum absolute atomic E-state index is 3.55. The van der Waals surface area contributed by atoms with E-state index >= 15 is 0 Å². The number of hydrogen-bond acceptors (Lipinski definition) is 2. The van der Waals surface area contributed by atoms with E-state index in [1.807, 2.05) is 0 Å². The van der Waals surface area contributed by atoms with Crippen molar-refractivity contribution >= 4 is 0 Å². The average Bonchev–Trinajstić information content (AvgIpc) is 2.38. The van der Waals surface area contributed by atoms with Crippen molar-refractivity contribution < 1.29 is 0 Å². The molecule has 0 amide bonds. The van der Waals surface area contributed by atoms with Gasteiger partial charge < -0.3 is 5.32 Å². The van der Waals surface area contributed by atoms with Crippen LogP contribution in [0.2, 0.25) is 0 Å². The quantitative estimate of drug-likeness (QED) is 0.749. The predicted molar refractivity (Wildman–Crippen MR) is 85.6 cm³/mol. The molecule has 1 aliphatic rings. The lowest BCUT2D eigenvalue weighted by atomic mass is 9.75. The zero-order chi connectivity index (χ0) is 14.5. The lowest BCUT2D eigenvalue weighted by Crippen LogP contribution is -2.52. The summed E-state index contributed by atoms with van der Waals surface area (Å²) in [4.78, 5) is 2.69. The van der Waals surface area contributed by atoms with E-state index in [0.29, 0.717) is 17.5 Å². The van der Waals surface area contributed by atoms with Gasteiger partial charge in [-0.25, -0.2) is 0 Å². The molecule has 2 heteroatoms. The van der Waals surface area contributed by atoms with E-state index in [-0.39, 0.29) is 0 Å². The monoisotopic (exact) mass is 268 g/mol. The first kappa shape index (κ1) is 17.0. The van der Waals surface area contributed by atoms with Crippen LogP contribution in [0.15, 0.2) is 0 Å². The van der Waals surface area contributed by atoms with E-state index in [2.05, 4.69) is 52.0 Å². The molecule has 0 aromatic heterocycles.